The molecule has 2 unspecified atom stereocenters. The molecule has 100 valence electrons. The van der Waals surface area contributed by atoms with Crippen LogP contribution in [-0.2, 0) is 4.79 Å². The highest BCUT2D eigenvalue weighted by atomic mass is 19.1. The van der Waals surface area contributed by atoms with E-state index in [2.05, 4.69) is 0 Å². The number of carbonyl (C=O) groups is 1. The van der Waals surface area contributed by atoms with Gasteiger partial charge in [0.2, 0.25) is 0 Å². The molecule has 1 aromatic carbocycles. The molecule has 2 atom stereocenters. The molecule has 1 aromatic rings. The molecular weight excluding hydrogens is 235 g/mol. The average Bonchev–Trinajstić information content (AvgIpc) is 2.37. The summed E-state index contributed by atoms with van der Waals surface area (Å²) in [6.07, 6.45) is 0.0809. The van der Waals surface area contributed by atoms with E-state index in [1.807, 2.05) is 6.92 Å². The van der Waals surface area contributed by atoms with E-state index in [1.54, 1.807) is 12.1 Å². The number of alkyl halides is 1. The van der Waals surface area contributed by atoms with Crippen molar-refractivity contribution < 1.29 is 18.7 Å². The molecule has 0 radical (unpaired) electrons. The maximum Gasteiger partial charge on any atom is 0.161 e. The van der Waals surface area contributed by atoms with Crippen molar-refractivity contribution in [2.75, 3.05) is 14.2 Å². The molecule has 0 bridgehead atoms. The summed E-state index contributed by atoms with van der Waals surface area (Å²) in [5.41, 5.74) is 1.33. The van der Waals surface area contributed by atoms with Crippen molar-refractivity contribution in [1.82, 2.24) is 0 Å². The van der Waals surface area contributed by atoms with Crippen LogP contribution in [0.3, 0.4) is 0 Å². The van der Waals surface area contributed by atoms with Gasteiger partial charge in [0.05, 0.1) is 14.2 Å². The number of aldehydes is 1. The molecule has 0 spiro atoms. The summed E-state index contributed by atoms with van der Waals surface area (Å²) in [4.78, 5) is 10.6. The lowest BCUT2D eigenvalue weighted by atomic mass is 9.91. The Balaban J connectivity index is 3.32. The van der Waals surface area contributed by atoms with Crippen LogP contribution in [0.5, 0.6) is 11.5 Å². The first-order chi connectivity index (χ1) is 8.54. The van der Waals surface area contributed by atoms with Crippen LogP contribution in [0.4, 0.5) is 4.39 Å². The zero-order valence-corrected chi connectivity index (χ0v) is 11.2. The Morgan fingerprint density at radius 1 is 1.17 bits per heavy atom. The minimum absolute atomic E-state index is 0.0458. The predicted octanol–water partition coefficient (Wildman–Crippen LogP) is 3.43. The Hall–Kier alpha value is -1.58. The molecule has 0 aromatic heterocycles. The van der Waals surface area contributed by atoms with Gasteiger partial charge in [-0.15, -0.1) is 0 Å². The summed E-state index contributed by atoms with van der Waals surface area (Å²) in [7, 11) is 3.05. The number of methoxy groups -OCH3 is 2. The van der Waals surface area contributed by atoms with E-state index in [0.717, 1.165) is 11.8 Å². The molecule has 0 fully saturated rings. The van der Waals surface area contributed by atoms with Crippen LogP contribution in [0.1, 0.15) is 43.5 Å². The molecule has 0 saturated heterocycles. The molecule has 0 saturated carbocycles. The first-order valence-corrected chi connectivity index (χ1v) is 5.88. The number of hydrogen-bond acceptors (Lipinski definition) is 3. The molecule has 4 heteroatoms. The molecule has 18 heavy (non-hydrogen) atoms. The van der Waals surface area contributed by atoms with Crippen LogP contribution >= 0.6 is 0 Å². The normalized spacial score (nSPS) is 13.8. The van der Waals surface area contributed by atoms with Crippen LogP contribution in [0.15, 0.2) is 12.1 Å². The highest BCUT2D eigenvalue weighted by Crippen LogP contribution is 2.38. The topological polar surface area (TPSA) is 35.5 Å². The molecular formula is C14H19FO3. The maximum absolute atomic E-state index is 13.7. The summed E-state index contributed by atoms with van der Waals surface area (Å²) in [5.74, 6) is 1.00. The Morgan fingerprint density at radius 2 is 1.67 bits per heavy atom. The average molecular weight is 254 g/mol. The monoisotopic (exact) mass is 254 g/mol. The van der Waals surface area contributed by atoms with Gasteiger partial charge in [0.25, 0.3) is 0 Å². The lowest BCUT2D eigenvalue weighted by molar-refractivity contribution is -0.108. The summed E-state index contributed by atoms with van der Waals surface area (Å²) in [5, 5.41) is 0. The van der Waals surface area contributed by atoms with Crippen LogP contribution in [-0.4, -0.2) is 20.5 Å². The quantitative estimate of drug-likeness (QED) is 0.730. The van der Waals surface area contributed by atoms with Crippen LogP contribution in [0.2, 0.25) is 0 Å². The molecule has 0 heterocycles. The highest BCUT2D eigenvalue weighted by Gasteiger charge is 2.19. The third kappa shape index (κ3) is 3.00. The van der Waals surface area contributed by atoms with Gasteiger partial charge >= 0.3 is 0 Å². The van der Waals surface area contributed by atoms with Crippen molar-refractivity contribution >= 4 is 6.29 Å². The van der Waals surface area contributed by atoms with Gasteiger partial charge in [-0.3, -0.25) is 0 Å². The minimum Gasteiger partial charge on any atom is -0.493 e. The van der Waals surface area contributed by atoms with Gasteiger partial charge < -0.3 is 14.3 Å². The fraction of sp³-hybridized carbons (Fsp3) is 0.500. The predicted molar refractivity (Wildman–Crippen MR) is 68.2 cm³/mol. The molecule has 0 N–H and O–H groups in total. The van der Waals surface area contributed by atoms with Gasteiger partial charge in [0.1, 0.15) is 12.5 Å². The fourth-order valence-electron chi connectivity index (χ4n) is 1.95. The van der Waals surface area contributed by atoms with Gasteiger partial charge in [0.15, 0.2) is 11.5 Å². The standard InChI is InChI=1S/C14H19FO3/c1-9(5-6-16)11-7-13(17-3)14(18-4)8-12(11)10(2)15/h6-10H,5H2,1-4H3. The van der Waals surface area contributed by atoms with Gasteiger partial charge in [-0.1, -0.05) is 6.92 Å². The second-order valence-corrected chi connectivity index (χ2v) is 4.26. The largest absolute Gasteiger partial charge is 0.493 e. The second-order valence-electron chi connectivity index (χ2n) is 4.26. The lowest BCUT2D eigenvalue weighted by Crippen LogP contribution is -2.03. The number of benzene rings is 1. The molecule has 3 nitrogen and oxygen atoms in total. The van der Waals surface area contributed by atoms with E-state index in [1.165, 1.54) is 21.1 Å². The van der Waals surface area contributed by atoms with Crippen molar-refractivity contribution in [2.24, 2.45) is 0 Å². The van der Waals surface area contributed by atoms with Gasteiger partial charge in [-0.2, -0.15) is 0 Å². The minimum atomic E-state index is -1.12. The van der Waals surface area contributed by atoms with Gasteiger partial charge in [0, 0.05) is 6.42 Å². The van der Waals surface area contributed by atoms with Crippen molar-refractivity contribution in [3.05, 3.63) is 23.3 Å². The second kappa shape index (κ2) is 6.38. The van der Waals surface area contributed by atoms with Crippen molar-refractivity contribution in [3.63, 3.8) is 0 Å². The van der Waals surface area contributed by atoms with E-state index in [-0.39, 0.29) is 5.92 Å². The summed E-state index contributed by atoms with van der Waals surface area (Å²) in [6, 6.07) is 3.39. The number of rotatable bonds is 6. The number of carbonyl (C=O) groups excluding carboxylic acids is 1. The Kier molecular flexibility index (Phi) is 5.13. The zero-order chi connectivity index (χ0) is 13.7. The zero-order valence-electron chi connectivity index (χ0n) is 11.2. The van der Waals surface area contributed by atoms with Crippen LogP contribution in [0.25, 0.3) is 0 Å². The Labute approximate surface area is 107 Å². The SMILES string of the molecule is COc1cc(C(C)F)c(C(C)CC=O)cc1OC. The summed E-state index contributed by atoms with van der Waals surface area (Å²) in [6.45, 7) is 3.36. The molecule has 1 rings (SSSR count). The van der Waals surface area contributed by atoms with Crippen LogP contribution in [0, 0.1) is 0 Å². The van der Waals surface area contributed by atoms with Crippen molar-refractivity contribution in [2.45, 2.75) is 32.4 Å². The van der Waals surface area contributed by atoms with Gasteiger partial charge in [-0.05, 0) is 36.1 Å². The van der Waals surface area contributed by atoms with E-state index >= 15 is 0 Å². The van der Waals surface area contributed by atoms with E-state index in [9.17, 15) is 9.18 Å². The third-order valence-electron chi connectivity index (χ3n) is 3.00. The number of ether oxygens (including phenoxy) is 2. The number of hydrogen-bond donors (Lipinski definition) is 0. The molecule has 0 aliphatic rings. The highest BCUT2D eigenvalue weighted by molar-refractivity contribution is 5.54. The summed E-state index contributed by atoms with van der Waals surface area (Å²) >= 11 is 0. The van der Waals surface area contributed by atoms with Crippen LogP contribution < -0.4 is 9.47 Å². The molecule has 0 amide bonds. The number of halogens is 1. The van der Waals surface area contributed by atoms with E-state index in [4.69, 9.17) is 9.47 Å². The van der Waals surface area contributed by atoms with E-state index in [0.29, 0.717) is 23.5 Å². The first-order valence-electron chi connectivity index (χ1n) is 5.88. The maximum atomic E-state index is 13.7. The molecule has 0 aliphatic carbocycles. The fourth-order valence-corrected chi connectivity index (χ4v) is 1.95. The summed E-state index contributed by atoms with van der Waals surface area (Å²) < 4.78 is 24.0. The van der Waals surface area contributed by atoms with Crippen molar-refractivity contribution in [1.29, 1.82) is 0 Å². The van der Waals surface area contributed by atoms with E-state index < -0.39 is 6.17 Å². The first kappa shape index (κ1) is 14.5. The lowest BCUT2D eigenvalue weighted by Gasteiger charge is -2.19. The van der Waals surface area contributed by atoms with Gasteiger partial charge in [-0.25, -0.2) is 4.39 Å². The third-order valence-corrected chi connectivity index (χ3v) is 3.00. The Morgan fingerprint density at radius 3 is 2.06 bits per heavy atom. The van der Waals surface area contributed by atoms with Crippen molar-refractivity contribution in [3.8, 4) is 11.5 Å². The Bertz CT molecular complexity index is 416. The smallest absolute Gasteiger partial charge is 0.161 e. The molecule has 0 aliphatic heterocycles.